The van der Waals surface area contributed by atoms with Crippen LogP contribution in [0.2, 0.25) is 0 Å². The number of nitrogens with one attached hydrogen (secondary N) is 1. The molecule has 1 heterocycles. The third-order valence-corrected chi connectivity index (χ3v) is 1.78. The van der Waals surface area contributed by atoms with Gasteiger partial charge >= 0.3 is 0 Å². The number of amides is 1. The van der Waals surface area contributed by atoms with Crippen molar-refractivity contribution < 1.29 is 4.79 Å². The Kier molecular flexibility index (Phi) is 3.69. The standard InChI is InChI=1S/C11H13N3O/c1-8-6-10(7-14-11(8)12)4-3-5-13-9(2)15/h6-7H,5H2,1-2H3,(H2,12,14)(H,13,15). The van der Waals surface area contributed by atoms with E-state index in [1.807, 2.05) is 13.0 Å². The van der Waals surface area contributed by atoms with E-state index in [1.54, 1.807) is 6.20 Å². The summed E-state index contributed by atoms with van der Waals surface area (Å²) in [5.74, 6) is 6.13. The molecule has 0 aliphatic carbocycles. The van der Waals surface area contributed by atoms with Crippen molar-refractivity contribution in [2.24, 2.45) is 0 Å². The van der Waals surface area contributed by atoms with E-state index in [0.29, 0.717) is 12.4 Å². The lowest BCUT2D eigenvalue weighted by Gasteiger charge is -1.97. The van der Waals surface area contributed by atoms with Crippen molar-refractivity contribution in [2.75, 3.05) is 12.3 Å². The van der Waals surface area contributed by atoms with Crippen LogP contribution in [0.5, 0.6) is 0 Å². The number of aryl methyl sites for hydroxylation is 1. The second-order valence-corrected chi connectivity index (χ2v) is 3.14. The summed E-state index contributed by atoms with van der Waals surface area (Å²) in [6, 6.07) is 1.86. The number of carbonyl (C=O) groups is 1. The number of hydrogen-bond donors (Lipinski definition) is 2. The molecule has 78 valence electrons. The fraction of sp³-hybridized carbons (Fsp3) is 0.273. The maximum Gasteiger partial charge on any atom is 0.217 e. The van der Waals surface area contributed by atoms with Gasteiger partial charge in [0.05, 0.1) is 6.54 Å². The van der Waals surface area contributed by atoms with Crippen molar-refractivity contribution in [3.8, 4) is 11.8 Å². The molecule has 1 aromatic heterocycles. The Labute approximate surface area is 88.9 Å². The van der Waals surface area contributed by atoms with Crippen molar-refractivity contribution in [2.45, 2.75) is 13.8 Å². The van der Waals surface area contributed by atoms with E-state index >= 15 is 0 Å². The van der Waals surface area contributed by atoms with Crippen molar-refractivity contribution in [1.82, 2.24) is 10.3 Å². The van der Waals surface area contributed by atoms with Crippen LogP contribution in [0.3, 0.4) is 0 Å². The highest BCUT2D eigenvalue weighted by atomic mass is 16.1. The zero-order valence-corrected chi connectivity index (χ0v) is 8.79. The van der Waals surface area contributed by atoms with Crippen LogP contribution in [-0.4, -0.2) is 17.4 Å². The van der Waals surface area contributed by atoms with Gasteiger partial charge in [-0.05, 0) is 18.6 Å². The third-order valence-electron chi connectivity index (χ3n) is 1.78. The molecule has 0 unspecified atom stereocenters. The van der Waals surface area contributed by atoms with Gasteiger partial charge in [-0.3, -0.25) is 4.79 Å². The average Bonchev–Trinajstić information content (AvgIpc) is 2.18. The molecule has 0 bridgehead atoms. The minimum atomic E-state index is -0.0871. The van der Waals surface area contributed by atoms with E-state index in [0.717, 1.165) is 11.1 Å². The van der Waals surface area contributed by atoms with Gasteiger partial charge in [-0.2, -0.15) is 0 Å². The Bertz CT molecular complexity index is 429. The molecule has 1 rings (SSSR count). The molecule has 0 atom stereocenters. The van der Waals surface area contributed by atoms with Crippen LogP contribution < -0.4 is 11.1 Å². The number of nitrogens with zero attached hydrogens (tertiary/aromatic N) is 1. The largest absolute Gasteiger partial charge is 0.383 e. The third kappa shape index (κ3) is 3.69. The molecule has 0 saturated heterocycles. The molecule has 1 amide bonds. The lowest BCUT2D eigenvalue weighted by atomic mass is 10.2. The van der Waals surface area contributed by atoms with E-state index < -0.39 is 0 Å². The molecule has 0 aliphatic heterocycles. The number of aromatic nitrogens is 1. The van der Waals surface area contributed by atoms with E-state index in [1.165, 1.54) is 6.92 Å². The van der Waals surface area contributed by atoms with Crippen LogP contribution in [0, 0.1) is 18.8 Å². The van der Waals surface area contributed by atoms with Crippen LogP contribution >= 0.6 is 0 Å². The summed E-state index contributed by atoms with van der Waals surface area (Å²) in [6.07, 6.45) is 1.61. The van der Waals surface area contributed by atoms with Gasteiger partial charge in [0.15, 0.2) is 0 Å². The number of nitrogen functional groups attached to an aromatic ring is 1. The minimum Gasteiger partial charge on any atom is -0.383 e. The minimum absolute atomic E-state index is 0.0871. The molecule has 3 N–H and O–H groups in total. The van der Waals surface area contributed by atoms with Crippen LogP contribution in [0.25, 0.3) is 0 Å². The Balaban J connectivity index is 2.64. The maximum absolute atomic E-state index is 10.5. The summed E-state index contributed by atoms with van der Waals surface area (Å²) in [5, 5.41) is 2.58. The number of pyridine rings is 1. The molecule has 0 aromatic carbocycles. The first-order valence-electron chi connectivity index (χ1n) is 4.55. The lowest BCUT2D eigenvalue weighted by molar-refractivity contribution is -0.118. The highest BCUT2D eigenvalue weighted by Gasteiger charge is 1.94. The molecule has 0 radical (unpaired) electrons. The fourth-order valence-electron chi connectivity index (χ4n) is 0.969. The van der Waals surface area contributed by atoms with E-state index in [4.69, 9.17) is 5.73 Å². The molecular formula is C11H13N3O. The fourth-order valence-corrected chi connectivity index (χ4v) is 0.969. The van der Waals surface area contributed by atoms with Gasteiger partial charge in [0.1, 0.15) is 5.82 Å². The van der Waals surface area contributed by atoms with E-state index in [9.17, 15) is 4.79 Å². The van der Waals surface area contributed by atoms with Gasteiger partial charge in [0, 0.05) is 18.7 Å². The molecule has 1 aromatic rings. The van der Waals surface area contributed by atoms with Crippen molar-refractivity contribution in [3.05, 3.63) is 23.4 Å². The first-order valence-corrected chi connectivity index (χ1v) is 4.55. The lowest BCUT2D eigenvalue weighted by Crippen LogP contribution is -2.19. The number of anilines is 1. The second-order valence-electron chi connectivity index (χ2n) is 3.14. The Morgan fingerprint density at radius 1 is 1.67 bits per heavy atom. The van der Waals surface area contributed by atoms with Crippen molar-refractivity contribution in [3.63, 3.8) is 0 Å². The summed E-state index contributed by atoms with van der Waals surface area (Å²) < 4.78 is 0. The van der Waals surface area contributed by atoms with Crippen molar-refractivity contribution >= 4 is 11.7 Å². The molecule has 0 fully saturated rings. The number of rotatable bonds is 1. The van der Waals surface area contributed by atoms with Gasteiger partial charge in [-0.15, -0.1) is 0 Å². The summed E-state index contributed by atoms with van der Waals surface area (Å²) in [7, 11) is 0. The van der Waals surface area contributed by atoms with Gasteiger partial charge < -0.3 is 11.1 Å². The Morgan fingerprint density at radius 2 is 2.40 bits per heavy atom. The first kappa shape index (κ1) is 11.1. The monoisotopic (exact) mass is 203 g/mol. The highest BCUT2D eigenvalue weighted by Crippen LogP contribution is 2.07. The molecule has 4 nitrogen and oxygen atoms in total. The zero-order chi connectivity index (χ0) is 11.3. The van der Waals surface area contributed by atoms with E-state index in [-0.39, 0.29) is 5.91 Å². The molecule has 4 heteroatoms. The summed E-state index contributed by atoms with van der Waals surface area (Å²) in [5.41, 5.74) is 7.27. The maximum atomic E-state index is 10.5. The van der Waals surface area contributed by atoms with Crippen LogP contribution in [0.1, 0.15) is 18.1 Å². The van der Waals surface area contributed by atoms with Crippen LogP contribution in [0.4, 0.5) is 5.82 Å². The number of hydrogen-bond acceptors (Lipinski definition) is 3. The SMILES string of the molecule is CC(=O)NCC#Cc1cnc(N)c(C)c1. The zero-order valence-electron chi connectivity index (χ0n) is 8.79. The quantitative estimate of drug-likeness (QED) is 0.651. The highest BCUT2D eigenvalue weighted by molar-refractivity contribution is 5.73. The predicted octanol–water partition coefficient (Wildman–Crippen LogP) is 0.460. The molecule has 15 heavy (non-hydrogen) atoms. The summed E-state index contributed by atoms with van der Waals surface area (Å²) >= 11 is 0. The van der Waals surface area contributed by atoms with Crippen LogP contribution in [0.15, 0.2) is 12.3 Å². The van der Waals surface area contributed by atoms with Gasteiger partial charge in [-0.25, -0.2) is 4.98 Å². The van der Waals surface area contributed by atoms with Gasteiger partial charge in [0.2, 0.25) is 5.91 Å². The molecule has 0 aliphatic rings. The topological polar surface area (TPSA) is 68.0 Å². The normalized spacial score (nSPS) is 8.93. The Hall–Kier alpha value is -2.02. The second kappa shape index (κ2) is 5.01. The van der Waals surface area contributed by atoms with Crippen molar-refractivity contribution in [1.29, 1.82) is 0 Å². The molecular weight excluding hydrogens is 190 g/mol. The number of carbonyl (C=O) groups excluding carboxylic acids is 1. The predicted molar refractivity (Wildman–Crippen MR) is 58.9 cm³/mol. The average molecular weight is 203 g/mol. The van der Waals surface area contributed by atoms with E-state index in [2.05, 4.69) is 22.1 Å². The number of nitrogens with two attached hydrogens (primary N) is 1. The molecule has 0 spiro atoms. The van der Waals surface area contributed by atoms with Crippen LogP contribution in [-0.2, 0) is 4.79 Å². The smallest absolute Gasteiger partial charge is 0.217 e. The Morgan fingerprint density at radius 3 is 3.00 bits per heavy atom. The van der Waals surface area contributed by atoms with Gasteiger partial charge in [0.25, 0.3) is 0 Å². The van der Waals surface area contributed by atoms with Gasteiger partial charge in [-0.1, -0.05) is 11.8 Å². The first-order chi connectivity index (χ1) is 7.09. The molecule has 0 saturated carbocycles. The summed E-state index contributed by atoms with van der Waals surface area (Å²) in [4.78, 5) is 14.5. The summed E-state index contributed by atoms with van der Waals surface area (Å²) in [6.45, 7) is 3.68.